The van der Waals surface area contributed by atoms with E-state index in [0.29, 0.717) is 23.3 Å². The second kappa shape index (κ2) is 8.85. The van der Waals surface area contributed by atoms with Crippen LogP contribution < -0.4 is 10.0 Å². The Morgan fingerprint density at radius 3 is 2.57 bits per heavy atom. The summed E-state index contributed by atoms with van der Waals surface area (Å²) in [5, 5.41) is 3.29. The molecule has 2 N–H and O–H groups in total. The number of sulfonamides is 1. The van der Waals surface area contributed by atoms with Gasteiger partial charge in [0.25, 0.3) is 0 Å². The normalized spacial score (nSPS) is 12.5. The molecule has 0 amide bonds. The van der Waals surface area contributed by atoms with Crippen molar-refractivity contribution in [2.45, 2.75) is 43.5 Å². The van der Waals surface area contributed by atoms with Crippen molar-refractivity contribution < 1.29 is 8.42 Å². The number of nitrogens with one attached hydrogen (secondary N) is 2. The molecule has 0 unspecified atom stereocenters. The number of unbranched alkanes of at least 4 members (excludes halogenated alkanes) is 1. The van der Waals surface area contributed by atoms with Crippen LogP contribution in [0, 0.1) is 0 Å². The Hall–Kier alpha value is -0.470. The fraction of sp³-hybridized carbons (Fsp3) is 0.714. The van der Waals surface area contributed by atoms with Crippen molar-refractivity contribution in [1.29, 1.82) is 0 Å². The molecular formula is C14H27N3O2S2. The summed E-state index contributed by atoms with van der Waals surface area (Å²) in [5.41, 5.74) is 0. The van der Waals surface area contributed by atoms with Gasteiger partial charge in [0.2, 0.25) is 10.0 Å². The van der Waals surface area contributed by atoms with Gasteiger partial charge in [-0.2, -0.15) is 0 Å². The lowest BCUT2D eigenvalue weighted by molar-refractivity contribution is 0.394. The summed E-state index contributed by atoms with van der Waals surface area (Å²) in [6.07, 6.45) is 1.84. The molecule has 1 rings (SSSR count). The zero-order valence-electron chi connectivity index (χ0n) is 13.3. The molecule has 21 heavy (non-hydrogen) atoms. The standard InChI is InChI=1S/C14H27N3O2S2/c1-12(2)15-11-13-7-8-14(20-13)21(18,19)16-9-5-6-10-17(3)4/h7-8,12,15-16H,5-6,9-11H2,1-4H3. The molecule has 7 heteroatoms. The van der Waals surface area contributed by atoms with Crippen molar-refractivity contribution in [3.63, 3.8) is 0 Å². The Balaban J connectivity index is 2.43. The molecule has 0 radical (unpaired) electrons. The lowest BCUT2D eigenvalue weighted by Gasteiger charge is -2.09. The molecule has 5 nitrogen and oxygen atoms in total. The molecule has 1 aromatic rings. The number of thiophene rings is 1. The summed E-state index contributed by atoms with van der Waals surface area (Å²) in [7, 11) is 0.681. The molecular weight excluding hydrogens is 306 g/mol. The van der Waals surface area contributed by atoms with Gasteiger partial charge in [-0.3, -0.25) is 0 Å². The first-order valence-electron chi connectivity index (χ1n) is 7.28. The molecule has 0 atom stereocenters. The van der Waals surface area contributed by atoms with Crippen molar-refractivity contribution in [3.05, 3.63) is 17.0 Å². The van der Waals surface area contributed by atoms with Gasteiger partial charge in [-0.15, -0.1) is 11.3 Å². The molecule has 0 spiro atoms. The molecule has 0 aliphatic rings. The minimum Gasteiger partial charge on any atom is -0.310 e. The van der Waals surface area contributed by atoms with Crippen LogP contribution >= 0.6 is 11.3 Å². The Morgan fingerprint density at radius 2 is 1.95 bits per heavy atom. The SMILES string of the molecule is CC(C)NCc1ccc(S(=O)(=O)NCCCCN(C)C)s1. The van der Waals surface area contributed by atoms with Gasteiger partial charge in [-0.1, -0.05) is 13.8 Å². The molecule has 0 fully saturated rings. The van der Waals surface area contributed by atoms with Gasteiger partial charge in [0.05, 0.1) is 0 Å². The first kappa shape index (κ1) is 18.6. The van der Waals surface area contributed by atoms with E-state index in [9.17, 15) is 8.42 Å². The van der Waals surface area contributed by atoms with Gasteiger partial charge >= 0.3 is 0 Å². The van der Waals surface area contributed by atoms with Crippen molar-refractivity contribution >= 4 is 21.4 Å². The van der Waals surface area contributed by atoms with E-state index >= 15 is 0 Å². The smallest absolute Gasteiger partial charge is 0.250 e. The summed E-state index contributed by atoms with van der Waals surface area (Å²) in [6.45, 7) is 6.32. The van der Waals surface area contributed by atoms with E-state index < -0.39 is 10.0 Å². The number of rotatable bonds is 10. The lowest BCUT2D eigenvalue weighted by atomic mass is 10.3. The van der Waals surface area contributed by atoms with Crippen LogP contribution in [0.3, 0.4) is 0 Å². The van der Waals surface area contributed by atoms with Crippen LogP contribution in [0.25, 0.3) is 0 Å². The molecule has 0 aliphatic carbocycles. The van der Waals surface area contributed by atoms with Gasteiger partial charge in [-0.25, -0.2) is 13.1 Å². The van der Waals surface area contributed by atoms with E-state index in [1.165, 1.54) is 11.3 Å². The van der Waals surface area contributed by atoms with Crippen LogP contribution in [0.4, 0.5) is 0 Å². The van der Waals surface area contributed by atoms with Crippen LogP contribution in [-0.4, -0.2) is 46.5 Å². The summed E-state index contributed by atoms with van der Waals surface area (Å²) >= 11 is 1.33. The third-order valence-electron chi connectivity index (χ3n) is 2.91. The van der Waals surface area contributed by atoms with Crippen molar-refractivity contribution in [2.75, 3.05) is 27.2 Å². The third kappa shape index (κ3) is 7.37. The molecule has 0 bridgehead atoms. The van der Waals surface area contributed by atoms with E-state index in [2.05, 4.69) is 28.8 Å². The fourth-order valence-corrected chi connectivity index (χ4v) is 4.16. The lowest BCUT2D eigenvalue weighted by Crippen LogP contribution is -2.25. The molecule has 1 aromatic heterocycles. The Morgan fingerprint density at radius 1 is 1.24 bits per heavy atom. The first-order chi connectivity index (χ1) is 9.81. The topological polar surface area (TPSA) is 61.4 Å². The van der Waals surface area contributed by atoms with Crippen LogP contribution in [-0.2, 0) is 16.6 Å². The number of hydrogen-bond donors (Lipinski definition) is 2. The molecule has 122 valence electrons. The Bertz CT molecular complexity index is 510. The monoisotopic (exact) mass is 333 g/mol. The van der Waals surface area contributed by atoms with Crippen LogP contribution in [0.5, 0.6) is 0 Å². The highest BCUT2D eigenvalue weighted by Gasteiger charge is 2.16. The maximum absolute atomic E-state index is 12.1. The minimum absolute atomic E-state index is 0.391. The van der Waals surface area contributed by atoms with Gasteiger partial charge < -0.3 is 10.2 Å². The second-order valence-corrected chi connectivity index (χ2v) is 8.83. The van der Waals surface area contributed by atoms with E-state index in [0.717, 1.165) is 24.3 Å². The Kier molecular flexibility index (Phi) is 7.83. The quantitative estimate of drug-likeness (QED) is 0.642. The molecule has 0 saturated carbocycles. The largest absolute Gasteiger partial charge is 0.310 e. The van der Waals surface area contributed by atoms with E-state index in [4.69, 9.17) is 0 Å². The number of hydrogen-bond acceptors (Lipinski definition) is 5. The maximum Gasteiger partial charge on any atom is 0.250 e. The second-order valence-electron chi connectivity index (χ2n) is 5.66. The van der Waals surface area contributed by atoms with E-state index in [1.807, 2.05) is 20.2 Å². The summed E-state index contributed by atoms with van der Waals surface area (Å²) in [5.74, 6) is 0. The van der Waals surface area contributed by atoms with Crippen molar-refractivity contribution in [3.8, 4) is 0 Å². The molecule has 0 aromatic carbocycles. The average molecular weight is 334 g/mol. The third-order valence-corrected chi connectivity index (χ3v) is 5.95. The van der Waals surface area contributed by atoms with E-state index in [-0.39, 0.29) is 0 Å². The van der Waals surface area contributed by atoms with Crippen molar-refractivity contribution in [1.82, 2.24) is 14.9 Å². The number of nitrogens with zero attached hydrogens (tertiary/aromatic N) is 1. The highest BCUT2D eigenvalue weighted by molar-refractivity contribution is 7.91. The predicted octanol–water partition coefficient (Wildman–Crippen LogP) is 1.87. The summed E-state index contributed by atoms with van der Waals surface area (Å²) in [4.78, 5) is 3.14. The summed E-state index contributed by atoms with van der Waals surface area (Å²) in [6, 6.07) is 3.95. The van der Waals surface area contributed by atoms with Crippen LogP contribution in [0.2, 0.25) is 0 Å². The fourth-order valence-electron chi connectivity index (χ4n) is 1.73. The zero-order valence-corrected chi connectivity index (χ0v) is 15.0. The Labute approximate surface area is 132 Å². The minimum atomic E-state index is -3.35. The highest BCUT2D eigenvalue weighted by atomic mass is 32.2. The van der Waals surface area contributed by atoms with Gasteiger partial charge in [-0.05, 0) is 45.6 Å². The highest BCUT2D eigenvalue weighted by Crippen LogP contribution is 2.21. The maximum atomic E-state index is 12.1. The van der Waals surface area contributed by atoms with Crippen LogP contribution in [0.1, 0.15) is 31.6 Å². The predicted molar refractivity (Wildman–Crippen MR) is 89.3 cm³/mol. The molecule has 0 aliphatic heterocycles. The zero-order chi connectivity index (χ0) is 15.9. The van der Waals surface area contributed by atoms with E-state index in [1.54, 1.807) is 6.07 Å². The average Bonchev–Trinajstić information content (AvgIpc) is 2.85. The van der Waals surface area contributed by atoms with Crippen LogP contribution in [0.15, 0.2) is 16.3 Å². The first-order valence-corrected chi connectivity index (χ1v) is 9.57. The summed E-state index contributed by atoms with van der Waals surface area (Å²) < 4.78 is 27.4. The van der Waals surface area contributed by atoms with Gasteiger partial charge in [0, 0.05) is 24.0 Å². The van der Waals surface area contributed by atoms with Crippen molar-refractivity contribution in [2.24, 2.45) is 0 Å². The molecule has 0 saturated heterocycles. The molecule has 1 heterocycles. The van der Waals surface area contributed by atoms with Gasteiger partial charge in [0.15, 0.2) is 0 Å². The van der Waals surface area contributed by atoms with Gasteiger partial charge in [0.1, 0.15) is 4.21 Å².